The molecule has 1 fully saturated rings. The van der Waals surface area contributed by atoms with Crippen LogP contribution < -0.4 is 5.32 Å². The first-order valence-corrected chi connectivity index (χ1v) is 7.58. The van der Waals surface area contributed by atoms with Crippen LogP contribution >= 0.6 is 0 Å². The van der Waals surface area contributed by atoms with Gasteiger partial charge in [0.2, 0.25) is 0 Å². The smallest absolute Gasteiger partial charge is 0.333 e. The molecule has 0 spiro atoms. The van der Waals surface area contributed by atoms with Crippen molar-refractivity contribution in [3.05, 3.63) is 0 Å². The van der Waals surface area contributed by atoms with Crippen molar-refractivity contribution in [3.63, 3.8) is 0 Å². The number of aliphatic carboxylic acids is 1. The van der Waals surface area contributed by atoms with Gasteiger partial charge in [-0.25, -0.2) is 4.79 Å². The van der Waals surface area contributed by atoms with Gasteiger partial charge < -0.3 is 10.4 Å². The summed E-state index contributed by atoms with van der Waals surface area (Å²) in [5.74, 6) is 1.18. The molecule has 1 aliphatic carbocycles. The predicted molar refractivity (Wildman–Crippen MR) is 76.5 cm³/mol. The third-order valence-electron chi connectivity index (χ3n) is 4.28. The van der Waals surface area contributed by atoms with Gasteiger partial charge in [0.1, 0.15) is 0 Å². The molecule has 4 nitrogen and oxygen atoms in total. The normalized spacial score (nSPS) is 28.3. The lowest BCUT2D eigenvalue weighted by Gasteiger charge is -2.22. The van der Waals surface area contributed by atoms with Crippen LogP contribution in [0.5, 0.6) is 0 Å². The molecule has 2 N–H and O–H groups in total. The van der Waals surface area contributed by atoms with E-state index in [9.17, 15) is 9.90 Å². The third kappa shape index (κ3) is 3.48. The fourth-order valence-corrected chi connectivity index (χ4v) is 3.37. The number of rotatable bonds is 5. The van der Waals surface area contributed by atoms with Crippen LogP contribution in [-0.2, 0) is 4.79 Å². The van der Waals surface area contributed by atoms with Crippen LogP contribution in [-0.4, -0.2) is 29.0 Å². The molecule has 0 radical (unpaired) electrons. The third-order valence-corrected chi connectivity index (χ3v) is 4.28. The fourth-order valence-electron chi connectivity index (χ4n) is 3.37. The Labute approximate surface area is 115 Å². The Balaban J connectivity index is 2.01. The molecule has 1 heterocycles. The molecule has 2 rings (SSSR count). The molecule has 1 aliphatic heterocycles. The number of aliphatic imine (C=N–C) groups is 1. The first-order chi connectivity index (χ1) is 9.02. The van der Waals surface area contributed by atoms with Gasteiger partial charge in [0.05, 0.1) is 12.4 Å². The van der Waals surface area contributed by atoms with Gasteiger partial charge in [-0.3, -0.25) is 4.99 Å². The van der Waals surface area contributed by atoms with Crippen molar-refractivity contribution in [3.8, 4) is 0 Å². The quantitative estimate of drug-likeness (QED) is 0.804. The molecule has 0 aromatic carbocycles. The molecule has 0 bridgehead atoms. The van der Waals surface area contributed by atoms with E-state index in [2.05, 4.69) is 24.2 Å². The molecule has 2 aliphatic rings. The van der Waals surface area contributed by atoms with Crippen molar-refractivity contribution in [1.82, 2.24) is 5.32 Å². The first-order valence-electron chi connectivity index (χ1n) is 7.58. The largest absolute Gasteiger partial charge is 0.479 e. The van der Waals surface area contributed by atoms with Gasteiger partial charge >= 0.3 is 5.97 Å². The number of carboxylic acid groups (broad SMARTS) is 1. The fraction of sp³-hybridized carbons (Fsp3) is 0.867. The van der Waals surface area contributed by atoms with Crippen LogP contribution in [0.15, 0.2) is 4.99 Å². The molecular formula is C15H26N2O2. The van der Waals surface area contributed by atoms with Gasteiger partial charge in [0, 0.05) is 6.42 Å². The molecule has 1 saturated carbocycles. The van der Waals surface area contributed by atoms with Crippen LogP contribution in [0, 0.1) is 11.8 Å². The molecule has 1 atom stereocenters. The standard InChI is InChI=1S/C15H26N2O2/c1-11(2)9-15(14(18)19)10-16-13(17-15)8-12-6-4-3-5-7-12/h11-12H,3-10H2,1-2H3,(H,16,17)(H,18,19). The van der Waals surface area contributed by atoms with Crippen LogP contribution in [0.2, 0.25) is 0 Å². The van der Waals surface area contributed by atoms with Crippen molar-refractivity contribution in [1.29, 1.82) is 0 Å². The van der Waals surface area contributed by atoms with E-state index in [1.54, 1.807) is 0 Å². The number of hydrogen-bond donors (Lipinski definition) is 2. The van der Waals surface area contributed by atoms with Gasteiger partial charge in [-0.05, 0) is 18.3 Å². The van der Waals surface area contributed by atoms with E-state index in [1.165, 1.54) is 32.1 Å². The Kier molecular flexibility index (Phi) is 4.48. The van der Waals surface area contributed by atoms with E-state index in [1.807, 2.05) is 0 Å². The molecule has 0 aromatic heterocycles. The van der Waals surface area contributed by atoms with E-state index < -0.39 is 11.5 Å². The van der Waals surface area contributed by atoms with Crippen molar-refractivity contribution in [2.75, 3.05) is 6.54 Å². The first kappa shape index (κ1) is 14.4. The number of nitrogens with one attached hydrogen (secondary N) is 1. The highest BCUT2D eigenvalue weighted by molar-refractivity contribution is 5.92. The monoisotopic (exact) mass is 266 g/mol. The second kappa shape index (κ2) is 5.93. The molecular weight excluding hydrogens is 240 g/mol. The minimum absolute atomic E-state index is 0.343. The van der Waals surface area contributed by atoms with Crippen molar-refractivity contribution in [2.45, 2.75) is 64.3 Å². The van der Waals surface area contributed by atoms with Crippen LogP contribution in [0.1, 0.15) is 58.8 Å². The highest BCUT2D eigenvalue weighted by Gasteiger charge is 2.43. The van der Waals surface area contributed by atoms with Gasteiger partial charge in [0.25, 0.3) is 0 Å². The number of carboxylic acids is 1. The van der Waals surface area contributed by atoms with Crippen molar-refractivity contribution >= 4 is 11.8 Å². The minimum Gasteiger partial charge on any atom is -0.479 e. The Bertz CT molecular complexity index is 359. The highest BCUT2D eigenvalue weighted by Crippen LogP contribution is 2.30. The molecule has 0 aromatic rings. The number of carbonyl (C=O) groups is 1. The Hall–Kier alpha value is -1.06. The molecule has 108 valence electrons. The topological polar surface area (TPSA) is 61.7 Å². The van der Waals surface area contributed by atoms with E-state index in [0.717, 1.165) is 12.3 Å². The van der Waals surface area contributed by atoms with E-state index in [4.69, 9.17) is 0 Å². The maximum atomic E-state index is 11.5. The summed E-state index contributed by atoms with van der Waals surface area (Å²) in [5, 5.41) is 12.7. The predicted octanol–water partition coefficient (Wildman–Crippen LogP) is 2.83. The Morgan fingerprint density at radius 3 is 2.68 bits per heavy atom. The van der Waals surface area contributed by atoms with Gasteiger partial charge in [-0.2, -0.15) is 0 Å². The molecule has 1 unspecified atom stereocenters. The maximum Gasteiger partial charge on any atom is 0.333 e. The summed E-state index contributed by atoms with van der Waals surface area (Å²) in [4.78, 5) is 16.1. The summed E-state index contributed by atoms with van der Waals surface area (Å²) < 4.78 is 0. The zero-order valence-corrected chi connectivity index (χ0v) is 12.1. The second-order valence-electron chi connectivity index (χ2n) is 6.55. The number of nitrogens with zero attached hydrogens (tertiary/aromatic N) is 1. The SMILES string of the molecule is CC(C)CC1(C(=O)O)CNC(CC2CCCCC2)=N1. The zero-order valence-electron chi connectivity index (χ0n) is 12.1. The van der Waals surface area contributed by atoms with Gasteiger partial charge in [-0.1, -0.05) is 46.0 Å². The van der Waals surface area contributed by atoms with Gasteiger partial charge in [0.15, 0.2) is 5.54 Å². The summed E-state index contributed by atoms with van der Waals surface area (Å²) >= 11 is 0. The van der Waals surface area contributed by atoms with E-state index in [0.29, 0.717) is 24.8 Å². The molecule has 4 heteroatoms. The summed E-state index contributed by atoms with van der Waals surface area (Å²) in [7, 11) is 0. The lowest BCUT2D eigenvalue weighted by Crippen LogP contribution is -2.42. The number of amidine groups is 1. The Morgan fingerprint density at radius 2 is 2.11 bits per heavy atom. The lowest BCUT2D eigenvalue weighted by molar-refractivity contribution is -0.143. The minimum atomic E-state index is -0.918. The molecule has 0 saturated heterocycles. The van der Waals surface area contributed by atoms with Crippen molar-refractivity contribution < 1.29 is 9.90 Å². The Morgan fingerprint density at radius 1 is 1.42 bits per heavy atom. The number of hydrogen-bond acceptors (Lipinski definition) is 3. The van der Waals surface area contributed by atoms with E-state index >= 15 is 0 Å². The molecule has 0 amide bonds. The zero-order chi connectivity index (χ0) is 13.9. The summed E-state index contributed by atoms with van der Waals surface area (Å²) in [6.45, 7) is 4.57. The average Bonchev–Trinajstić information content (AvgIpc) is 2.74. The lowest BCUT2D eigenvalue weighted by atomic mass is 9.87. The molecule has 19 heavy (non-hydrogen) atoms. The summed E-state index contributed by atoms with van der Waals surface area (Å²) in [6, 6.07) is 0. The highest BCUT2D eigenvalue weighted by atomic mass is 16.4. The van der Waals surface area contributed by atoms with Crippen LogP contribution in [0.3, 0.4) is 0 Å². The summed E-state index contributed by atoms with van der Waals surface area (Å²) in [6.07, 6.45) is 8.07. The second-order valence-corrected chi connectivity index (χ2v) is 6.55. The maximum absolute atomic E-state index is 11.5. The van der Waals surface area contributed by atoms with Crippen molar-refractivity contribution in [2.24, 2.45) is 16.8 Å². The van der Waals surface area contributed by atoms with Gasteiger partial charge in [-0.15, -0.1) is 0 Å². The average molecular weight is 266 g/mol. The van der Waals surface area contributed by atoms with E-state index in [-0.39, 0.29) is 0 Å². The van der Waals surface area contributed by atoms with Crippen LogP contribution in [0.4, 0.5) is 0 Å². The summed E-state index contributed by atoms with van der Waals surface area (Å²) in [5.41, 5.74) is -0.918. The van der Waals surface area contributed by atoms with Crippen LogP contribution in [0.25, 0.3) is 0 Å².